The number of fused-ring (bicyclic) bond motifs is 1. The molecule has 4 aromatic rings. The van der Waals surface area contributed by atoms with Crippen molar-refractivity contribution in [1.82, 2.24) is 4.98 Å². The summed E-state index contributed by atoms with van der Waals surface area (Å²) < 4.78 is 15.1. The predicted molar refractivity (Wildman–Crippen MR) is 109 cm³/mol. The van der Waals surface area contributed by atoms with E-state index < -0.39 is 0 Å². The van der Waals surface area contributed by atoms with E-state index in [1.807, 2.05) is 36.4 Å². The van der Waals surface area contributed by atoms with Gasteiger partial charge in [-0.25, -0.2) is 9.37 Å². The molecule has 0 aliphatic rings. The lowest BCUT2D eigenvalue weighted by atomic mass is 10.2. The molecule has 0 aliphatic heterocycles. The molecule has 0 unspecified atom stereocenters. The summed E-state index contributed by atoms with van der Waals surface area (Å²) in [5.74, 6) is -0.431. The van der Waals surface area contributed by atoms with Gasteiger partial charge in [0.15, 0.2) is 5.13 Å². The Hall–Kier alpha value is -2.09. The highest BCUT2D eigenvalue weighted by Crippen LogP contribution is 2.32. The molecular formula is C19H12BrFN2OS2. The zero-order valence-electron chi connectivity index (χ0n) is 13.4. The lowest BCUT2D eigenvalue weighted by molar-refractivity contribution is 0.0989. The maximum absolute atomic E-state index is 13.5. The van der Waals surface area contributed by atoms with Crippen LogP contribution >= 0.6 is 38.6 Å². The number of aromatic nitrogens is 1. The zero-order chi connectivity index (χ0) is 18.1. The molecule has 130 valence electrons. The molecule has 4 rings (SSSR count). The number of benzene rings is 2. The minimum atomic E-state index is -0.309. The van der Waals surface area contributed by atoms with Crippen LogP contribution in [0.25, 0.3) is 10.2 Å². The minimum Gasteiger partial charge on any atom is -0.279 e. The molecule has 2 aromatic heterocycles. The number of rotatable bonds is 4. The number of carbonyl (C=O) groups excluding carboxylic acids is 1. The SMILES string of the molecule is O=C(c1ccc(Br)s1)N(Cc1ccccc1)c1nc2ccc(F)cc2s1. The van der Waals surface area contributed by atoms with E-state index >= 15 is 0 Å². The lowest BCUT2D eigenvalue weighted by Crippen LogP contribution is -2.29. The monoisotopic (exact) mass is 446 g/mol. The van der Waals surface area contributed by atoms with Gasteiger partial charge in [-0.1, -0.05) is 41.7 Å². The van der Waals surface area contributed by atoms with Crippen LogP contribution in [0.15, 0.2) is 64.5 Å². The number of nitrogens with zero attached hydrogens (tertiary/aromatic N) is 2. The average molecular weight is 447 g/mol. The first-order valence-electron chi connectivity index (χ1n) is 7.77. The first-order chi connectivity index (χ1) is 12.6. The fraction of sp³-hybridized carbons (Fsp3) is 0.0526. The Morgan fingerprint density at radius 3 is 2.62 bits per heavy atom. The number of halogens is 2. The smallest absolute Gasteiger partial charge is 0.270 e. The van der Waals surface area contributed by atoms with Gasteiger partial charge in [0.25, 0.3) is 5.91 Å². The van der Waals surface area contributed by atoms with Crippen LogP contribution in [0.1, 0.15) is 15.2 Å². The predicted octanol–water partition coefficient (Wildman–Crippen LogP) is 6.11. The summed E-state index contributed by atoms with van der Waals surface area (Å²) in [5, 5.41) is 0.559. The summed E-state index contributed by atoms with van der Waals surface area (Å²) in [4.78, 5) is 19.9. The molecule has 7 heteroatoms. The minimum absolute atomic E-state index is 0.121. The zero-order valence-corrected chi connectivity index (χ0v) is 16.6. The third-order valence-electron chi connectivity index (χ3n) is 3.78. The van der Waals surface area contributed by atoms with Gasteiger partial charge in [-0.15, -0.1) is 11.3 Å². The van der Waals surface area contributed by atoms with Gasteiger partial charge in [-0.3, -0.25) is 9.69 Å². The van der Waals surface area contributed by atoms with Crippen LogP contribution < -0.4 is 4.90 Å². The topological polar surface area (TPSA) is 33.2 Å². The second kappa shape index (κ2) is 7.26. The van der Waals surface area contributed by atoms with E-state index in [-0.39, 0.29) is 11.7 Å². The third kappa shape index (κ3) is 3.56. The molecule has 0 atom stereocenters. The van der Waals surface area contributed by atoms with Crippen molar-refractivity contribution in [3.05, 3.63) is 80.7 Å². The van der Waals surface area contributed by atoms with Crippen LogP contribution in [0.3, 0.4) is 0 Å². The molecule has 0 fully saturated rings. The molecule has 0 saturated heterocycles. The maximum Gasteiger partial charge on any atom is 0.270 e. The highest BCUT2D eigenvalue weighted by Gasteiger charge is 2.23. The van der Waals surface area contributed by atoms with E-state index in [1.54, 1.807) is 17.0 Å². The van der Waals surface area contributed by atoms with E-state index in [0.717, 1.165) is 14.0 Å². The van der Waals surface area contributed by atoms with E-state index in [4.69, 9.17) is 0 Å². The molecule has 2 aromatic carbocycles. The first-order valence-corrected chi connectivity index (χ1v) is 10.2. The van der Waals surface area contributed by atoms with Crippen LogP contribution in [0.2, 0.25) is 0 Å². The maximum atomic E-state index is 13.5. The molecule has 1 amide bonds. The van der Waals surface area contributed by atoms with Gasteiger partial charge < -0.3 is 0 Å². The number of thiophene rings is 1. The van der Waals surface area contributed by atoms with E-state index in [0.29, 0.717) is 22.1 Å². The lowest BCUT2D eigenvalue weighted by Gasteiger charge is -2.19. The summed E-state index contributed by atoms with van der Waals surface area (Å²) in [7, 11) is 0. The van der Waals surface area contributed by atoms with Gasteiger partial charge in [-0.2, -0.15) is 0 Å². The van der Waals surface area contributed by atoms with Crippen LogP contribution in [0, 0.1) is 5.82 Å². The van der Waals surface area contributed by atoms with Crippen LogP contribution in [0.4, 0.5) is 9.52 Å². The summed E-state index contributed by atoms with van der Waals surface area (Å²) in [6.07, 6.45) is 0. The van der Waals surface area contributed by atoms with Gasteiger partial charge in [-0.05, 0) is 51.8 Å². The fourth-order valence-corrected chi connectivity index (χ4v) is 4.88. The number of hydrogen-bond donors (Lipinski definition) is 0. The molecule has 0 saturated carbocycles. The van der Waals surface area contributed by atoms with Crippen molar-refractivity contribution >= 4 is 59.9 Å². The number of thiazole rings is 1. The van der Waals surface area contributed by atoms with Gasteiger partial charge in [0.2, 0.25) is 0 Å². The van der Waals surface area contributed by atoms with Crippen molar-refractivity contribution in [2.45, 2.75) is 6.54 Å². The Morgan fingerprint density at radius 2 is 1.88 bits per heavy atom. The summed E-state index contributed by atoms with van der Waals surface area (Å²) in [6.45, 7) is 0.400. The second-order valence-electron chi connectivity index (χ2n) is 5.59. The third-order valence-corrected chi connectivity index (χ3v) is 6.44. The molecule has 0 aliphatic carbocycles. The van der Waals surface area contributed by atoms with E-state index in [1.165, 1.54) is 34.8 Å². The highest BCUT2D eigenvalue weighted by molar-refractivity contribution is 9.11. The Morgan fingerprint density at radius 1 is 1.08 bits per heavy atom. The molecule has 26 heavy (non-hydrogen) atoms. The molecular weight excluding hydrogens is 435 g/mol. The number of hydrogen-bond acceptors (Lipinski definition) is 4. The van der Waals surface area contributed by atoms with Crippen molar-refractivity contribution < 1.29 is 9.18 Å². The van der Waals surface area contributed by atoms with Crippen molar-refractivity contribution in [2.24, 2.45) is 0 Å². The number of carbonyl (C=O) groups is 1. The fourth-order valence-electron chi connectivity index (χ4n) is 2.56. The summed E-state index contributed by atoms with van der Waals surface area (Å²) in [5.41, 5.74) is 1.69. The molecule has 0 radical (unpaired) electrons. The molecule has 0 spiro atoms. The largest absolute Gasteiger partial charge is 0.279 e. The van der Waals surface area contributed by atoms with Crippen molar-refractivity contribution in [3.8, 4) is 0 Å². The van der Waals surface area contributed by atoms with Gasteiger partial charge >= 0.3 is 0 Å². The van der Waals surface area contributed by atoms with Gasteiger partial charge in [0.1, 0.15) is 5.82 Å². The van der Waals surface area contributed by atoms with Gasteiger partial charge in [0, 0.05) is 0 Å². The molecule has 0 bridgehead atoms. The summed E-state index contributed by atoms with van der Waals surface area (Å²) >= 11 is 6.10. The van der Waals surface area contributed by atoms with Crippen molar-refractivity contribution in [1.29, 1.82) is 0 Å². The standard InChI is InChI=1S/C19H12BrFN2OS2/c20-17-9-8-15(25-17)18(24)23(11-12-4-2-1-3-5-12)19-22-14-7-6-13(21)10-16(14)26-19/h1-10H,11H2. The van der Waals surface area contributed by atoms with Crippen molar-refractivity contribution in [3.63, 3.8) is 0 Å². The Balaban J connectivity index is 1.76. The van der Waals surface area contributed by atoms with Crippen LogP contribution in [-0.2, 0) is 6.54 Å². The summed E-state index contributed by atoms with van der Waals surface area (Å²) in [6, 6.07) is 17.9. The highest BCUT2D eigenvalue weighted by atomic mass is 79.9. The number of anilines is 1. The quantitative estimate of drug-likeness (QED) is 0.379. The molecule has 3 nitrogen and oxygen atoms in total. The Kier molecular flexibility index (Phi) is 4.84. The van der Waals surface area contributed by atoms with E-state index in [9.17, 15) is 9.18 Å². The second-order valence-corrected chi connectivity index (χ2v) is 9.06. The van der Waals surface area contributed by atoms with Gasteiger partial charge in [0.05, 0.1) is 25.4 Å². The van der Waals surface area contributed by atoms with Crippen LogP contribution in [-0.4, -0.2) is 10.9 Å². The Labute approximate surface area is 165 Å². The Bertz CT molecular complexity index is 1080. The number of amides is 1. The first kappa shape index (κ1) is 17.3. The van der Waals surface area contributed by atoms with E-state index in [2.05, 4.69) is 20.9 Å². The average Bonchev–Trinajstić information content (AvgIpc) is 3.25. The van der Waals surface area contributed by atoms with Crippen LogP contribution in [0.5, 0.6) is 0 Å². The normalized spacial score (nSPS) is 11.0. The van der Waals surface area contributed by atoms with Crippen molar-refractivity contribution in [2.75, 3.05) is 4.90 Å². The molecule has 0 N–H and O–H groups in total. The molecule has 2 heterocycles.